The van der Waals surface area contributed by atoms with Crippen molar-refractivity contribution in [3.05, 3.63) is 62.2 Å². The minimum absolute atomic E-state index is 0.155. The van der Waals surface area contributed by atoms with E-state index in [1.807, 2.05) is 5.38 Å². The Hall–Kier alpha value is -2.74. The number of esters is 1. The normalized spacial score (nSPS) is 15.3. The van der Waals surface area contributed by atoms with Crippen LogP contribution in [-0.4, -0.2) is 78.8 Å². The molecule has 0 amide bonds. The number of aliphatic imine (C=N–C) groups is 1. The highest BCUT2D eigenvalue weighted by atomic mass is 79.9. The SMILES string of the molecule is CCC(=O)O.CCOC(=O)C1=C(CN2CCOCC2)NC(c2nccs2)=NC1.Fc1cccc(Br)c1F. The second-order valence-corrected chi connectivity index (χ2v) is 9.23. The molecule has 3 heterocycles. The van der Waals surface area contributed by atoms with Gasteiger partial charge in [0.05, 0.1) is 36.4 Å². The Morgan fingerprint density at radius 1 is 1.27 bits per heavy atom. The Kier molecular flexibility index (Phi) is 13.3. The van der Waals surface area contributed by atoms with Crippen molar-refractivity contribution in [2.24, 2.45) is 4.99 Å². The van der Waals surface area contributed by atoms with Crippen molar-refractivity contribution in [3.63, 3.8) is 0 Å². The lowest BCUT2D eigenvalue weighted by molar-refractivity contribution is -0.139. The molecule has 2 aliphatic rings. The molecule has 0 unspecified atom stereocenters. The van der Waals surface area contributed by atoms with Gasteiger partial charge in [-0.2, -0.15) is 0 Å². The van der Waals surface area contributed by atoms with Crippen LogP contribution in [0.1, 0.15) is 25.3 Å². The highest BCUT2D eigenvalue weighted by molar-refractivity contribution is 9.10. The number of benzene rings is 1. The van der Waals surface area contributed by atoms with E-state index in [1.165, 1.54) is 23.5 Å². The van der Waals surface area contributed by atoms with Crippen molar-refractivity contribution >= 4 is 45.0 Å². The van der Waals surface area contributed by atoms with E-state index >= 15 is 0 Å². The number of nitrogens with zero attached hydrogens (tertiary/aromatic N) is 3. The van der Waals surface area contributed by atoms with Gasteiger partial charge in [0.2, 0.25) is 0 Å². The Labute approximate surface area is 226 Å². The number of rotatable bonds is 6. The van der Waals surface area contributed by atoms with Crippen LogP contribution in [0.4, 0.5) is 8.78 Å². The standard InChI is InChI=1S/C15H20N4O3S.C6H3BrF2.C3H6O2/c1-2-22-15(20)11-9-17-13(14-16-3-8-23-14)18-12(11)10-19-4-6-21-7-5-19;7-4-2-1-3-5(8)6(4)9;1-2-3(4)5/h3,8H,2,4-7,9-10H2,1H3,(H,17,18);1-3H;2H2,1H3,(H,4,5). The molecule has 1 aromatic heterocycles. The van der Waals surface area contributed by atoms with Crippen LogP contribution in [0.3, 0.4) is 0 Å². The predicted octanol–water partition coefficient (Wildman–Crippen LogP) is 3.85. The number of carboxylic acids is 1. The van der Waals surface area contributed by atoms with E-state index in [2.05, 4.69) is 36.1 Å². The maximum absolute atomic E-state index is 12.3. The van der Waals surface area contributed by atoms with Gasteiger partial charge in [-0.05, 0) is 35.0 Å². The second-order valence-electron chi connectivity index (χ2n) is 7.48. The molecule has 2 N–H and O–H groups in total. The molecular formula is C24H29BrF2N4O5S. The van der Waals surface area contributed by atoms with Gasteiger partial charge >= 0.3 is 11.9 Å². The summed E-state index contributed by atoms with van der Waals surface area (Å²) in [5.74, 6) is -1.99. The maximum Gasteiger partial charge on any atom is 0.337 e. The molecule has 0 saturated carbocycles. The number of ether oxygens (including phenoxy) is 2. The second kappa shape index (κ2) is 16.2. The molecule has 0 aliphatic carbocycles. The molecule has 1 saturated heterocycles. The smallest absolute Gasteiger partial charge is 0.337 e. The fourth-order valence-electron chi connectivity index (χ4n) is 2.97. The molecule has 2 aliphatic heterocycles. The van der Waals surface area contributed by atoms with E-state index < -0.39 is 17.6 Å². The molecule has 13 heteroatoms. The molecule has 1 fully saturated rings. The summed E-state index contributed by atoms with van der Waals surface area (Å²) in [5, 5.41) is 13.7. The first-order valence-electron chi connectivity index (χ1n) is 11.5. The van der Waals surface area contributed by atoms with Crippen LogP contribution >= 0.6 is 27.3 Å². The van der Waals surface area contributed by atoms with E-state index in [1.54, 1.807) is 20.0 Å². The van der Waals surface area contributed by atoms with E-state index in [9.17, 15) is 18.4 Å². The Morgan fingerprint density at radius 3 is 2.51 bits per heavy atom. The Morgan fingerprint density at radius 2 is 1.97 bits per heavy atom. The molecule has 0 atom stereocenters. The van der Waals surface area contributed by atoms with Crippen LogP contribution in [0.2, 0.25) is 0 Å². The van der Waals surface area contributed by atoms with E-state index in [-0.39, 0.29) is 16.9 Å². The largest absolute Gasteiger partial charge is 0.481 e. The number of morpholine rings is 1. The van der Waals surface area contributed by atoms with Crippen LogP contribution in [0.15, 0.2) is 50.5 Å². The average molecular weight is 603 g/mol. The fraction of sp³-hybridized carbons (Fsp3) is 0.417. The zero-order valence-corrected chi connectivity index (χ0v) is 22.9. The number of amidine groups is 1. The van der Waals surface area contributed by atoms with Crippen molar-refractivity contribution in [2.75, 3.05) is 46.0 Å². The predicted molar refractivity (Wildman–Crippen MR) is 140 cm³/mol. The van der Waals surface area contributed by atoms with E-state index in [0.717, 1.165) is 48.9 Å². The minimum Gasteiger partial charge on any atom is -0.481 e. The van der Waals surface area contributed by atoms with Crippen molar-refractivity contribution in [1.82, 2.24) is 15.2 Å². The summed E-state index contributed by atoms with van der Waals surface area (Å²) in [5.41, 5.74) is 1.45. The lowest BCUT2D eigenvalue weighted by Crippen LogP contribution is -2.43. The van der Waals surface area contributed by atoms with Crippen LogP contribution < -0.4 is 5.32 Å². The van der Waals surface area contributed by atoms with E-state index in [0.29, 0.717) is 25.3 Å². The van der Waals surface area contributed by atoms with Gasteiger partial charge in [-0.1, -0.05) is 13.0 Å². The average Bonchev–Trinajstić information content (AvgIpc) is 3.44. The van der Waals surface area contributed by atoms with Crippen molar-refractivity contribution in [2.45, 2.75) is 20.3 Å². The molecule has 0 bridgehead atoms. The number of thiazole rings is 1. The van der Waals surface area contributed by atoms with Gasteiger partial charge in [-0.15, -0.1) is 11.3 Å². The topological polar surface area (TPSA) is 113 Å². The van der Waals surface area contributed by atoms with Crippen molar-refractivity contribution in [3.8, 4) is 0 Å². The zero-order valence-electron chi connectivity index (χ0n) is 20.5. The van der Waals surface area contributed by atoms with Crippen LogP contribution in [0.25, 0.3) is 0 Å². The summed E-state index contributed by atoms with van der Waals surface area (Å²) in [6.07, 6.45) is 1.97. The Balaban J connectivity index is 0.000000283. The number of carbonyl (C=O) groups excluding carboxylic acids is 1. The molecule has 37 heavy (non-hydrogen) atoms. The van der Waals surface area contributed by atoms with E-state index in [4.69, 9.17) is 14.6 Å². The molecule has 202 valence electrons. The van der Waals surface area contributed by atoms with Gasteiger partial charge in [0.1, 0.15) is 0 Å². The summed E-state index contributed by atoms with van der Waals surface area (Å²) >= 11 is 4.35. The third kappa shape index (κ3) is 10.3. The summed E-state index contributed by atoms with van der Waals surface area (Å²) in [6, 6.07) is 3.95. The highest BCUT2D eigenvalue weighted by Gasteiger charge is 2.25. The number of aromatic nitrogens is 1. The van der Waals surface area contributed by atoms with Gasteiger partial charge in [-0.25, -0.2) is 18.6 Å². The van der Waals surface area contributed by atoms with Crippen LogP contribution in [-0.2, 0) is 19.1 Å². The molecule has 0 radical (unpaired) electrons. The molecular weight excluding hydrogens is 574 g/mol. The van der Waals surface area contributed by atoms with Gasteiger partial charge in [0.25, 0.3) is 0 Å². The van der Waals surface area contributed by atoms with Gasteiger partial charge in [-0.3, -0.25) is 14.7 Å². The molecule has 1 aromatic carbocycles. The van der Waals surface area contributed by atoms with Crippen molar-refractivity contribution in [1.29, 1.82) is 0 Å². The number of carbonyl (C=O) groups is 2. The lowest BCUT2D eigenvalue weighted by Gasteiger charge is -2.30. The summed E-state index contributed by atoms with van der Waals surface area (Å²) in [4.78, 5) is 32.6. The number of halogens is 3. The third-order valence-electron chi connectivity index (χ3n) is 4.88. The monoisotopic (exact) mass is 602 g/mol. The van der Waals surface area contributed by atoms with Gasteiger partial charge in [0.15, 0.2) is 22.5 Å². The third-order valence-corrected chi connectivity index (χ3v) is 6.27. The first-order chi connectivity index (χ1) is 17.8. The first-order valence-corrected chi connectivity index (χ1v) is 13.2. The molecule has 4 rings (SSSR count). The molecule has 9 nitrogen and oxygen atoms in total. The van der Waals surface area contributed by atoms with Gasteiger partial charge in [0, 0.05) is 43.3 Å². The number of aliphatic carboxylic acids is 1. The quantitative estimate of drug-likeness (QED) is 0.379. The highest BCUT2D eigenvalue weighted by Crippen LogP contribution is 2.17. The fourth-order valence-corrected chi connectivity index (χ4v) is 3.92. The zero-order chi connectivity index (χ0) is 27.2. The van der Waals surface area contributed by atoms with Crippen molar-refractivity contribution < 1.29 is 33.0 Å². The van der Waals surface area contributed by atoms with Gasteiger partial charge < -0.3 is 19.9 Å². The number of carboxylic acid groups (broad SMARTS) is 1. The molecule has 2 aromatic rings. The number of hydrogen-bond acceptors (Lipinski definition) is 9. The number of hydrogen-bond donors (Lipinski definition) is 2. The van der Waals surface area contributed by atoms with Crippen LogP contribution in [0, 0.1) is 11.6 Å². The first kappa shape index (κ1) is 30.5. The Bertz CT molecular complexity index is 1070. The summed E-state index contributed by atoms with van der Waals surface area (Å²) < 4.78 is 35.2. The summed E-state index contributed by atoms with van der Waals surface area (Å²) in [6.45, 7) is 7.88. The minimum atomic E-state index is -0.836. The lowest BCUT2D eigenvalue weighted by atomic mass is 10.1. The number of nitrogens with one attached hydrogen (secondary N) is 1. The maximum atomic E-state index is 12.3. The summed E-state index contributed by atoms with van der Waals surface area (Å²) in [7, 11) is 0. The molecule has 0 spiro atoms. The van der Waals surface area contributed by atoms with Crippen LogP contribution in [0.5, 0.6) is 0 Å².